The lowest BCUT2D eigenvalue weighted by Crippen LogP contribution is -2.26. The third-order valence-electron chi connectivity index (χ3n) is 5.25. The van der Waals surface area contributed by atoms with Crippen molar-refractivity contribution in [2.45, 2.75) is 90.5 Å². The lowest BCUT2D eigenvalue weighted by atomic mass is 9.89. The van der Waals surface area contributed by atoms with Crippen LogP contribution in [-0.2, 0) is 0 Å². The van der Waals surface area contributed by atoms with E-state index in [0.29, 0.717) is 6.04 Å². The minimum Gasteiger partial charge on any atom is -0.302 e. The Balaban J connectivity index is 2.15. The van der Waals surface area contributed by atoms with Gasteiger partial charge in [0, 0.05) is 6.04 Å². The zero-order valence-electron chi connectivity index (χ0n) is 16.8. The zero-order chi connectivity index (χ0) is 17.6. The van der Waals surface area contributed by atoms with Gasteiger partial charge in [0.05, 0.1) is 0 Å². The van der Waals surface area contributed by atoms with Crippen molar-refractivity contribution in [2.75, 3.05) is 14.1 Å². The Morgan fingerprint density at radius 2 is 1.25 bits per heavy atom. The van der Waals surface area contributed by atoms with Crippen LogP contribution in [0.15, 0.2) is 30.3 Å². The molecule has 0 aliphatic heterocycles. The topological polar surface area (TPSA) is 3.24 Å². The van der Waals surface area contributed by atoms with Crippen LogP contribution in [0.2, 0.25) is 0 Å². The molecule has 1 aromatic rings. The Bertz CT molecular complexity index is 384. The van der Waals surface area contributed by atoms with Crippen LogP contribution in [0.4, 0.5) is 0 Å². The monoisotopic (exact) mass is 331 g/mol. The van der Waals surface area contributed by atoms with Crippen LogP contribution in [0.3, 0.4) is 0 Å². The van der Waals surface area contributed by atoms with Crippen molar-refractivity contribution in [3.8, 4) is 0 Å². The molecule has 0 bridgehead atoms. The molecule has 2 unspecified atom stereocenters. The predicted octanol–water partition coefficient (Wildman–Crippen LogP) is 7.24. The molecule has 0 N–H and O–H groups in total. The average Bonchev–Trinajstić information content (AvgIpc) is 2.57. The number of hydrogen-bond acceptors (Lipinski definition) is 1. The van der Waals surface area contributed by atoms with Crippen LogP contribution < -0.4 is 0 Å². The van der Waals surface area contributed by atoms with Gasteiger partial charge < -0.3 is 4.90 Å². The van der Waals surface area contributed by atoms with Crippen LogP contribution in [-0.4, -0.2) is 19.0 Å². The second kappa shape index (κ2) is 13.5. The van der Waals surface area contributed by atoms with Crippen LogP contribution in [0.5, 0.6) is 0 Å². The molecule has 0 radical (unpaired) electrons. The maximum Gasteiger partial charge on any atom is 0.0367 e. The summed E-state index contributed by atoms with van der Waals surface area (Å²) in [6, 6.07) is 11.5. The van der Waals surface area contributed by atoms with Gasteiger partial charge in [-0.05, 0) is 32.0 Å². The van der Waals surface area contributed by atoms with Crippen LogP contribution in [0, 0.1) is 5.92 Å². The highest BCUT2D eigenvalue weighted by Gasteiger charge is 2.20. The highest BCUT2D eigenvalue weighted by Crippen LogP contribution is 2.30. The van der Waals surface area contributed by atoms with Gasteiger partial charge in [0.1, 0.15) is 0 Å². The summed E-state index contributed by atoms with van der Waals surface area (Å²) in [7, 11) is 4.43. The van der Waals surface area contributed by atoms with Gasteiger partial charge >= 0.3 is 0 Å². The van der Waals surface area contributed by atoms with E-state index in [4.69, 9.17) is 0 Å². The first-order valence-electron chi connectivity index (χ1n) is 10.4. The molecule has 2 atom stereocenters. The van der Waals surface area contributed by atoms with Gasteiger partial charge in [0.25, 0.3) is 0 Å². The van der Waals surface area contributed by atoms with Crippen molar-refractivity contribution >= 4 is 0 Å². The number of hydrogen-bond donors (Lipinski definition) is 0. The van der Waals surface area contributed by atoms with Crippen molar-refractivity contribution in [3.05, 3.63) is 35.9 Å². The Kier molecular flexibility index (Phi) is 11.9. The van der Waals surface area contributed by atoms with Crippen molar-refractivity contribution in [3.63, 3.8) is 0 Å². The smallest absolute Gasteiger partial charge is 0.0367 e. The van der Waals surface area contributed by atoms with E-state index in [-0.39, 0.29) is 0 Å². The minimum absolute atomic E-state index is 0.546. The fourth-order valence-corrected chi connectivity index (χ4v) is 3.90. The standard InChI is InChI=1S/C23H41N/c1-5-6-7-8-9-10-11-12-13-15-18-21(2)23(24(3)4)22-19-16-14-17-20-22/h14,16-17,19-21,23H,5-13,15,18H2,1-4H3. The van der Waals surface area contributed by atoms with Gasteiger partial charge in [-0.1, -0.05) is 108 Å². The van der Waals surface area contributed by atoms with Gasteiger partial charge in [-0.25, -0.2) is 0 Å². The van der Waals surface area contributed by atoms with Gasteiger partial charge in [-0.3, -0.25) is 0 Å². The maximum absolute atomic E-state index is 2.42. The molecule has 0 saturated heterocycles. The molecule has 0 saturated carbocycles. The summed E-state index contributed by atoms with van der Waals surface area (Å²) < 4.78 is 0. The molecule has 0 aliphatic carbocycles. The van der Waals surface area contributed by atoms with E-state index in [1.165, 1.54) is 76.2 Å². The molecule has 0 spiro atoms. The third kappa shape index (κ3) is 8.87. The molecule has 0 aliphatic rings. The summed E-state index contributed by atoms with van der Waals surface area (Å²) in [6.45, 7) is 4.71. The molecular formula is C23H41N. The predicted molar refractivity (Wildman–Crippen MR) is 108 cm³/mol. The van der Waals surface area contributed by atoms with Crippen molar-refractivity contribution in [1.29, 1.82) is 0 Å². The summed E-state index contributed by atoms with van der Waals surface area (Å²) in [5, 5.41) is 0. The lowest BCUT2D eigenvalue weighted by Gasteiger charge is -2.30. The Morgan fingerprint density at radius 3 is 1.75 bits per heavy atom. The third-order valence-corrected chi connectivity index (χ3v) is 5.25. The summed E-state index contributed by atoms with van der Waals surface area (Å²) >= 11 is 0. The zero-order valence-corrected chi connectivity index (χ0v) is 16.8. The van der Waals surface area contributed by atoms with E-state index in [0.717, 1.165) is 5.92 Å². The fourth-order valence-electron chi connectivity index (χ4n) is 3.90. The second-order valence-electron chi connectivity index (χ2n) is 7.77. The normalized spacial score (nSPS) is 14.0. The maximum atomic E-state index is 2.42. The van der Waals surface area contributed by atoms with Gasteiger partial charge in [0.2, 0.25) is 0 Å². The number of unbranched alkanes of at least 4 members (excludes halogenated alkanes) is 9. The van der Waals surface area contributed by atoms with Gasteiger partial charge in [0.15, 0.2) is 0 Å². The van der Waals surface area contributed by atoms with E-state index in [1.807, 2.05) is 0 Å². The molecule has 1 rings (SSSR count). The summed E-state index contributed by atoms with van der Waals surface area (Å²) in [6.07, 6.45) is 15.6. The van der Waals surface area contributed by atoms with E-state index in [9.17, 15) is 0 Å². The van der Waals surface area contributed by atoms with E-state index < -0.39 is 0 Å². The SMILES string of the molecule is CCCCCCCCCCCCC(C)C(c1ccccc1)N(C)C. The molecule has 0 heterocycles. The van der Waals surface area contributed by atoms with Crippen LogP contribution >= 0.6 is 0 Å². The van der Waals surface area contributed by atoms with Gasteiger partial charge in [-0.2, -0.15) is 0 Å². The molecule has 1 heteroatoms. The molecule has 138 valence electrons. The molecular weight excluding hydrogens is 290 g/mol. The van der Waals surface area contributed by atoms with Crippen molar-refractivity contribution < 1.29 is 0 Å². The van der Waals surface area contributed by atoms with E-state index in [2.05, 4.69) is 63.2 Å². The number of rotatable bonds is 14. The molecule has 1 nitrogen and oxygen atoms in total. The quantitative estimate of drug-likeness (QED) is 0.325. The van der Waals surface area contributed by atoms with E-state index >= 15 is 0 Å². The molecule has 0 amide bonds. The minimum atomic E-state index is 0.546. The molecule has 24 heavy (non-hydrogen) atoms. The molecule has 0 aromatic heterocycles. The largest absolute Gasteiger partial charge is 0.302 e. The first-order valence-corrected chi connectivity index (χ1v) is 10.4. The molecule has 1 aromatic carbocycles. The van der Waals surface area contributed by atoms with Crippen LogP contribution in [0.25, 0.3) is 0 Å². The Labute approximate surface area is 151 Å². The Hall–Kier alpha value is -0.820. The summed E-state index contributed by atoms with van der Waals surface area (Å²) in [5.41, 5.74) is 1.46. The lowest BCUT2D eigenvalue weighted by molar-refractivity contribution is 0.211. The Morgan fingerprint density at radius 1 is 0.750 bits per heavy atom. The number of benzene rings is 1. The van der Waals surface area contributed by atoms with E-state index in [1.54, 1.807) is 0 Å². The van der Waals surface area contributed by atoms with Crippen molar-refractivity contribution in [1.82, 2.24) is 4.90 Å². The second-order valence-corrected chi connectivity index (χ2v) is 7.77. The average molecular weight is 332 g/mol. The fraction of sp³-hybridized carbons (Fsp3) is 0.739. The van der Waals surface area contributed by atoms with Gasteiger partial charge in [-0.15, -0.1) is 0 Å². The highest BCUT2D eigenvalue weighted by atomic mass is 15.1. The number of nitrogens with zero attached hydrogens (tertiary/aromatic N) is 1. The summed E-state index contributed by atoms with van der Waals surface area (Å²) in [4.78, 5) is 2.39. The first-order chi connectivity index (χ1) is 11.7. The highest BCUT2D eigenvalue weighted by molar-refractivity contribution is 5.19. The molecule has 0 fully saturated rings. The van der Waals surface area contributed by atoms with Crippen molar-refractivity contribution in [2.24, 2.45) is 5.92 Å². The first kappa shape index (κ1) is 21.2. The summed E-state index contributed by atoms with van der Waals surface area (Å²) in [5.74, 6) is 0.719. The van der Waals surface area contributed by atoms with Crippen LogP contribution in [0.1, 0.15) is 96.1 Å².